The van der Waals surface area contributed by atoms with Crippen LogP contribution in [0.4, 0.5) is 10.8 Å². The highest BCUT2D eigenvalue weighted by Gasteiger charge is 2.33. The minimum atomic E-state index is -0.314. The van der Waals surface area contributed by atoms with E-state index in [2.05, 4.69) is 15.6 Å². The Morgan fingerprint density at radius 2 is 1.93 bits per heavy atom. The summed E-state index contributed by atoms with van der Waals surface area (Å²) in [4.78, 5) is 30.8. The largest absolute Gasteiger partial charge is 0.496 e. The number of hydrogen-bond acceptors (Lipinski definition) is 5. The van der Waals surface area contributed by atoms with Gasteiger partial charge < -0.3 is 10.1 Å². The highest BCUT2D eigenvalue weighted by atomic mass is 32.1. The third-order valence-electron chi connectivity index (χ3n) is 4.95. The van der Waals surface area contributed by atoms with Crippen LogP contribution in [0.5, 0.6) is 5.75 Å². The van der Waals surface area contributed by atoms with Crippen LogP contribution in [-0.2, 0) is 11.2 Å². The summed E-state index contributed by atoms with van der Waals surface area (Å²) in [7, 11) is 1.62. The highest BCUT2D eigenvalue weighted by molar-refractivity contribution is 7.16. The van der Waals surface area contributed by atoms with Crippen molar-refractivity contribution in [3.05, 3.63) is 70.2 Å². The van der Waals surface area contributed by atoms with Crippen molar-refractivity contribution < 1.29 is 14.3 Å². The van der Waals surface area contributed by atoms with Gasteiger partial charge in [0.2, 0.25) is 5.91 Å². The molecule has 0 spiro atoms. The van der Waals surface area contributed by atoms with E-state index in [0.717, 1.165) is 40.4 Å². The summed E-state index contributed by atoms with van der Waals surface area (Å²) >= 11 is 1.44. The molecule has 1 aromatic heterocycles. The van der Waals surface area contributed by atoms with Crippen molar-refractivity contribution in [2.45, 2.75) is 25.7 Å². The standard InChI is InChI=1S/C22H21N3O3S/c1-13-12-15(8-10-17(13)28-2)23-21(27)16-9-11-18-19(16)24-22(29-18)25-20(26)14-6-4-3-5-7-14/h3-8,10,12,16H,9,11H2,1-2H3,(H,23,27)(H,24,25,26). The quantitative estimate of drug-likeness (QED) is 0.658. The average Bonchev–Trinajstić information content (AvgIpc) is 3.29. The minimum absolute atomic E-state index is 0.0837. The topological polar surface area (TPSA) is 80.3 Å². The lowest BCUT2D eigenvalue weighted by Gasteiger charge is -2.12. The number of benzene rings is 2. The van der Waals surface area contributed by atoms with Crippen molar-refractivity contribution in [2.24, 2.45) is 0 Å². The van der Waals surface area contributed by atoms with Gasteiger partial charge in [0.25, 0.3) is 5.91 Å². The predicted molar refractivity (Wildman–Crippen MR) is 114 cm³/mol. The number of carbonyl (C=O) groups is 2. The Labute approximate surface area is 172 Å². The van der Waals surface area contributed by atoms with Gasteiger partial charge in [0.1, 0.15) is 5.75 Å². The highest BCUT2D eigenvalue weighted by Crippen LogP contribution is 2.39. The number of fused-ring (bicyclic) bond motifs is 1. The zero-order valence-electron chi connectivity index (χ0n) is 16.2. The molecular formula is C22H21N3O3S. The van der Waals surface area contributed by atoms with Crippen molar-refractivity contribution in [3.63, 3.8) is 0 Å². The van der Waals surface area contributed by atoms with Crippen LogP contribution in [0.25, 0.3) is 0 Å². The Kier molecular flexibility index (Phi) is 5.31. The van der Waals surface area contributed by atoms with E-state index in [-0.39, 0.29) is 17.7 Å². The number of ether oxygens (including phenoxy) is 1. The summed E-state index contributed by atoms with van der Waals surface area (Å²) in [5.74, 6) is 0.183. The molecule has 148 valence electrons. The van der Waals surface area contributed by atoms with Crippen molar-refractivity contribution in [1.29, 1.82) is 0 Å². The van der Waals surface area contributed by atoms with E-state index in [4.69, 9.17) is 4.74 Å². The van der Waals surface area contributed by atoms with Gasteiger partial charge in [-0.05, 0) is 55.7 Å². The Bertz CT molecular complexity index is 1060. The van der Waals surface area contributed by atoms with Gasteiger partial charge in [0.15, 0.2) is 5.13 Å². The molecule has 1 aliphatic rings. The molecule has 0 bridgehead atoms. The fourth-order valence-electron chi connectivity index (χ4n) is 3.48. The van der Waals surface area contributed by atoms with Crippen molar-refractivity contribution in [3.8, 4) is 5.75 Å². The van der Waals surface area contributed by atoms with Gasteiger partial charge in [-0.3, -0.25) is 14.9 Å². The SMILES string of the molecule is COc1ccc(NC(=O)C2CCc3sc(NC(=O)c4ccccc4)nc32)cc1C. The number of hydrogen-bond donors (Lipinski definition) is 2. The lowest BCUT2D eigenvalue weighted by atomic mass is 10.1. The summed E-state index contributed by atoms with van der Waals surface area (Å²) in [6.07, 6.45) is 1.51. The maximum atomic E-state index is 12.8. The number of methoxy groups -OCH3 is 1. The summed E-state index contributed by atoms with van der Waals surface area (Å²) in [6.45, 7) is 1.93. The van der Waals surface area contributed by atoms with Crippen molar-refractivity contribution in [2.75, 3.05) is 17.7 Å². The monoisotopic (exact) mass is 407 g/mol. The third kappa shape index (κ3) is 4.00. The molecule has 3 aromatic rings. The molecule has 1 atom stereocenters. The molecule has 0 fully saturated rings. The number of rotatable bonds is 5. The van der Waals surface area contributed by atoms with Gasteiger partial charge in [0.05, 0.1) is 18.7 Å². The minimum Gasteiger partial charge on any atom is -0.496 e. The Morgan fingerprint density at radius 1 is 1.14 bits per heavy atom. The van der Waals surface area contributed by atoms with E-state index in [1.165, 1.54) is 11.3 Å². The van der Waals surface area contributed by atoms with Crippen LogP contribution in [0.15, 0.2) is 48.5 Å². The molecule has 7 heteroatoms. The van der Waals surface area contributed by atoms with Crippen LogP contribution >= 0.6 is 11.3 Å². The van der Waals surface area contributed by atoms with Gasteiger partial charge >= 0.3 is 0 Å². The fraction of sp³-hybridized carbons (Fsp3) is 0.227. The smallest absolute Gasteiger partial charge is 0.257 e. The second-order valence-corrected chi connectivity index (χ2v) is 8.00. The van der Waals surface area contributed by atoms with Gasteiger partial charge in [-0.25, -0.2) is 4.98 Å². The summed E-state index contributed by atoms with van der Waals surface area (Å²) in [6, 6.07) is 14.6. The molecule has 0 radical (unpaired) electrons. The van der Waals surface area contributed by atoms with E-state index < -0.39 is 0 Å². The van der Waals surface area contributed by atoms with Gasteiger partial charge in [-0.2, -0.15) is 0 Å². The van der Waals surface area contributed by atoms with Gasteiger partial charge in [0, 0.05) is 16.1 Å². The molecule has 6 nitrogen and oxygen atoms in total. The van der Waals surface area contributed by atoms with Crippen LogP contribution in [-0.4, -0.2) is 23.9 Å². The van der Waals surface area contributed by atoms with Crippen molar-refractivity contribution >= 4 is 34.0 Å². The molecule has 2 amide bonds. The number of nitrogens with zero attached hydrogens (tertiary/aromatic N) is 1. The number of anilines is 2. The first-order valence-electron chi connectivity index (χ1n) is 9.36. The van der Waals surface area contributed by atoms with E-state index in [0.29, 0.717) is 10.7 Å². The molecule has 2 aromatic carbocycles. The number of thiazole rings is 1. The van der Waals surface area contributed by atoms with E-state index in [1.807, 2.05) is 43.3 Å². The second-order valence-electron chi connectivity index (χ2n) is 6.91. The summed E-state index contributed by atoms with van der Waals surface area (Å²) < 4.78 is 5.26. The second kappa shape index (κ2) is 8.05. The molecule has 0 saturated carbocycles. The lowest BCUT2D eigenvalue weighted by molar-refractivity contribution is -0.117. The molecule has 2 N–H and O–H groups in total. The maximum Gasteiger partial charge on any atom is 0.257 e. The first-order chi connectivity index (χ1) is 14.0. The first kappa shape index (κ1) is 19.1. The van der Waals surface area contributed by atoms with E-state index >= 15 is 0 Å². The molecule has 1 aliphatic carbocycles. The lowest BCUT2D eigenvalue weighted by Crippen LogP contribution is -2.20. The zero-order chi connectivity index (χ0) is 20.4. The molecule has 1 unspecified atom stereocenters. The molecule has 0 saturated heterocycles. The van der Waals surface area contributed by atoms with Crippen LogP contribution in [0.3, 0.4) is 0 Å². The van der Waals surface area contributed by atoms with Gasteiger partial charge in [-0.15, -0.1) is 11.3 Å². The van der Waals surface area contributed by atoms with E-state index in [9.17, 15) is 9.59 Å². The molecule has 1 heterocycles. The molecule has 29 heavy (non-hydrogen) atoms. The Hall–Kier alpha value is -3.19. The normalized spacial score (nSPS) is 14.9. The first-order valence-corrected chi connectivity index (χ1v) is 10.2. The Balaban J connectivity index is 1.46. The zero-order valence-corrected chi connectivity index (χ0v) is 17.0. The van der Waals surface area contributed by atoms with Crippen LogP contribution in [0.1, 0.15) is 38.8 Å². The van der Waals surface area contributed by atoms with E-state index in [1.54, 1.807) is 19.2 Å². The summed E-state index contributed by atoms with van der Waals surface area (Å²) in [5.41, 5.74) is 3.03. The van der Waals surface area contributed by atoms with Crippen molar-refractivity contribution in [1.82, 2.24) is 4.98 Å². The average molecular weight is 407 g/mol. The molecular weight excluding hydrogens is 386 g/mol. The summed E-state index contributed by atoms with van der Waals surface area (Å²) in [5, 5.41) is 6.34. The number of aryl methyl sites for hydroxylation is 2. The van der Waals surface area contributed by atoms with Crippen LogP contribution in [0.2, 0.25) is 0 Å². The van der Waals surface area contributed by atoms with Gasteiger partial charge in [-0.1, -0.05) is 18.2 Å². The van der Waals surface area contributed by atoms with Crippen LogP contribution < -0.4 is 15.4 Å². The Morgan fingerprint density at radius 3 is 2.66 bits per heavy atom. The number of aromatic nitrogens is 1. The number of nitrogens with one attached hydrogen (secondary N) is 2. The number of amides is 2. The predicted octanol–water partition coefficient (Wildman–Crippen LogP) is 4.38. The molecule has 4 rings (SSSR count). The number of carbonyl (C=O) groups excluding carboxylic acids is 2. The maximum absolute atomic E-state index is 12.8. The molecule has 0 aliphatic heterocycles. The third-order valence-corrected chi connectivity index (χ3v) is 6.00. The van der Waals surface area contributed by atoms with Crippen LogP contribution in [0, 0.1) is 6.92 Å². The fourth-order valence-corrected chi connectivity index (χ4v) is 4.51.